The number of carbonyl (C=O) groups is 3. The topological polar surface area (TPSA) is 137 Å². The number of esters is 1. The lowest BCUT2D eigenvalue weighted by Crippen LogP contribution is -2.40. The first-order valence-corrected chi connectivity index (χ1v) is 14.0. The van der Waals surface area contributed by atoms with E-state index in [1.807, 2.05) is 79.1 Å². The maximum absolute atomic E-state index is 13.8. The van der Waals surface area contributed by atoms with Gasteiger partial charge in [-0.15, -0.1) is 0 Å². The summed E-state index contributed by atoms with van der Waals surface area (Å²) in [6.45, 7) is 9.92. The van der Waals surface area contributed by atoms with Gasteiger partial charge in [0.05, 0.1) is 18.4 Å². The van der Waals surface area contributed by atoms with E-state index in [0.29, 0.717) is 31.5 Å². The van der Waals surface area contributed by atoms with Crippen molar-refractivity contribution in [2.45, 2.75) is 59.1 Å². The summed E-state index contributed by atoms with van der Waals surface area (Å²) in [6.07, 6.45) is 0.536. The second-order valence-corrected chi connectivity index (χ2v) is 11.0. The minimum atomic E-state index is -0.671. The van der Waals surface area contributed by atoms with Crippen molar-refractivity contribution in [1.29, 1.82) is 0 Å². The number of hydrogen-bond donors (Lipinski definition) is 3. The number of hydrogen-bond acceptors (Lipinski definition) is 6. The van der Waals surface area contributed by atoms with E-state index in [0.717, 1.165) is 16.8 Å². The van der Waals surface area contributed by atoms with Gasteiger partial charge in [0.25, 0.3) is 5.91 Å². The largest absolute Gasteiger partial charge is 0.465 e. The fourth-order valence-electron chi connectivity index (χ4n) is 4.56. The van der Waals surface area contributed by atoms with Crippen LogP contribution in [0.2, 0.25) is 0 Å². The summed E-state index contributed by atoms with van der Waals surface area (Å²) in [4.78, 5) is 43.0. The highest BCUT2D eigenvalue weighted by molar-refractivity contribution is 6.12. The molecule has 2 aromatic carbocycles. The second-order valence-electron chi connectivity index (χ2n) is 11.0. The molecule has 4 N–H and O–H groups in total. The fourth-order valence-corrected chi connectivity index (χ4v) is 4.56. The lowest BCUT2D eigenvalue weighted by molar-refractivity contribution is 0.0560. The average molecular weight is 576 g/mol. The molecule has 10 nitrogen and oxygen atoms in total. The number of nitrogens with two attached hydrogens (primary N) is 1. The Balaban J connectivity index is 1.85. The first-order chi connectivity index (χ1) is 19.9. The standard InChI is InChI=1S/C32H41N5O5/c1-21(2)37-26(23-17-11-8-12-18-23)24(22-15-9-7-10-16-22)25(29(39)41-6)27(37)28(38)34-19-13-14-20-35-30(33)36-31(40)42-32(3,4)5/h7-12,15-18,21H,13-14,19-20H2,1-6H3,(H,34,38)(H3,33,35,36,40). The predicted octanol–water partition coefficient (Wildman–Crippen LogP) is 5.54. The van der Waals surface area contributed by atoms with Crippen molar-refractivity contribution in [3.63, 3.8) is 0 Å². The van der Waals surface area contributed by atoms with Gasteiger partial charge in [-0.25, -0.2) is 9.59 Å². The van der Waals surface area contributed by atoms with Gasteiger partial charge in [0, 0.05) is 24.7 Å². The molecule has 3 rings (SSSR count). The van der Waals surface area contributed by atoms with Crippen molar-refractivity contribution >= 4 is 23.9 Å². The number of ether oxygens (including phenoxy) is 2. The lowest BCUT2D eigenvalue weighted by atomic mass is 9.96. The molecule has 0 fully saturated rings. The first kappa shape index (κ1) is 31.9. The number of guanidine groups is 1. The zero-order valence-electron chi connectivity index (χ0n) is 25.2. The first-order valence-electron chi connectivity index (χ1n) is 14.0. The number of methoxy groups -OCH3 is 1. The van der Waals surface area contributed by atoms with Crippen LogP contribution in [0.5, 0.6) is 0 Å². The number of aromatic nitrogens is 1. The van der Waals surface area contributed by atoms with E-state index in [2.05, 4.69) is 15.6 Å². The Hall–Kier alpha value is -4.60. The Bertz CT molecular complexity index is 1410. The summed E-state index contributed by atoms with van der Waals surface area (Å²) in [5.41, 5.74) is 8.70. The van der Waals surface area contributed by atoms with Gasteiger partial charge < -0.3 is 25.1 Å². The minimum absolute atomic E-state index is 0.0346. The summed E-state index contributed by atoms with van der Waals surface area (Å²) in [5, 5.41) is 5.36. The Labute approximate surface area is 247 Å². The normalized spacial score (nSPS) is 11.7. The molecule has 224 valence electrons. The van der Waals surface area contributed by atoms with Crippen molar-refractivity contribution in [1.82, 2.24) is 15.2 Å². The van der Waals surface area contributed by atoms with Crippen LogP contribution in [0.15, 0.2) is 65.7 Å². The van der Waals surface area contributed by atoms with Gasteiger partial charge in [-0.1, -0.05) is 60.7 Å². The van der Waals surface area contributed by atoms with Crippen LogP contribution in [0, 0.1) is 0 Å². The maximum atomic E-state index is 13.8. The number of amides is 2. The Kier molecular flexibility index (Phi) is 10.9. The van der Waals surface area contributed by atoms with Gasteiger partial charge >= 0.3 is 12.1 Å². The van der Waals surface area contributed by atoms with E-state index in [1.54, 1.807) is 20.8 Å². The van der Waals surface area contributed by atoms with Gasteiger partial charge in [-0.2, -0.15) is 0 Å². The number of rotatable bonds is 10. The van der Waals surface area contributed by atoms with Crippen LogP contribution >= 0.6 is 0 Å². The van der Waals surface area contributed by atoms with Crippen LogP contribution in [0.3, 0.4) is 0 Å². The molecule has 0 spiro atoms. The molecule has 0 aliphatic rings. The van der Waals surface area contributed by atoms with Crippen molar-refractivity contribution in [2.75, 3.05) is 20.2 Å². The summed E-state index contributed by atoms with van der Waals surface area (Å²) in [6, 6.07) is 19.1. The van der Waals surface area contributed by atoms with Crippen LogP contribution in [0.4, 0.5) is 4.79 Å². The average Bonchev–Trinajstić information content (AvgIpc) is 3.31. The molecule has 1 aromatic heterocycles. The smallest absolute Gasteiger partial charge is 0.414 e. The highest BCUT2D eigenvalue weighted by Crippen LogP contribution is 2.41. The van der Waals surface area contributed by atoms with Crippen LogP contribution in [0.25, 0.3) is 22.4 Å². The third-order valence-corrected chi connectivity index (χ3v) is 6.22. The molecule has 0 atom stereocenters. The van der Waals surface area contributed by atoms with E-state index in [-0.39, 0.29) is 29.2 Å². The van der Waals surface area contributed by atoms with Gasteiger partial charge in [0.2, 0.25) is 0 Å². The van der Waals surface area contributed by atoms with Gasteiger partial charge in [0.1, 0.15) is 11.3 Å². The number of carbonyl (C=O) groups excluding carboxylic acids is 3. The molecule has 10 heteroatoms. The highest BCUT2D eigenvalue weighted by Gasteiger charge is 2.33. The zero-order valence-corrected chi connectivity index (χ0v) is 25.2. The molecule has 0 saturated carbocycles. The van der Waals surface area contributed by atoms with Crippen molar-refractivity contribution < 1.29 is 23.9 Å². The van der Waals surface area contributed by atoms with Crippen LogP contribution in [-0.4, -0.2) is 54.3 Å². The number of nitrogens with zero attached hydrogens (tertiary/aromatic N) is 2. The van der Waals surface area contributed by atoms with Crippen LogP contribution in [-0.2, 0) is 9.47 Å². The van der Waals surface area contributed by atoms with E-state index in [4.69, 9.17) is 15.2 Å². The zero-order chi connectivity index (χ0) is 30.9. The van der Waals surface area contributed by atoms with E-state index >= 15 is 0 Å². The van der Waals surface area contributed by atoms with Crippen LogP contribution < -0.4 is 16.4 Å². The summed E-state index contributed by atoms with van der Waals surface area (Å²) in [5.74, 6) is -0.997. The number of benzene rings is 2. The molecule has 3 aromatic rings. The van der Waals surface area contributed by atoms with Crippen LogP contribution in [0.1, 0.15) is 74.3 Å². The van der Waals surface area contributed by atoms with Gasteiger partial charge in [-0.05, 0) is 58.6 Å². The van der Waals surface area contributed by atoms with E-state index < -0.39 is 17.7 Å². The number of nitrogens with one attached hydrogen (secondary N) is 2. The highest BCUT2D eigenvalue weighted by atomic mass is 16.6. The summed E-state index contributed by atoms with van der Waals surface area (Å²) < 4.78 is 12.3. The minimum Gasteiger partial charge on any atom is -0.465 e. The molecule has 0 saturated heterocycles. The summed E-state index contributed by atoms with van der Waals surface area (Å²) >= 11 is 0. The molecular formula is C32H41N5O5. The Morgan fingerprint density at radius 2 is 1.55 bits per heavy atom. The van der Waals surface area contributed by atoms with Crippen molar-refractivity contribution in [3.05, 3.63) is 71.9 Å². The molecule has 42 heavy (non-hydrogen) atoms. The van der Waals surface area contributed by atoms with E-state index in [9.17, 15) is 14.4 Å². The molecule has 2 amide bonds. The summed E-state index contributed by atoms with van der Waals surface area (Å²) in [7, 11) is 1.32. The second kappa shape index (κ2) is 14.3. The molecule has 0 bridgehead atoms. The Morgan fingerprint density at radius 3 is 2.10 bits per heavy atom. The predicted molar refractivity (Wildman–Crippen MR) is 164 cm³/mol. The Morgan fingerprint density at radius 1 is 0.952 bits per heavy atom. The van der Waals surface area contributed by atoms with Gasteiger partial charge in [-0.3, -0.25) is 15.1 Å². The molecular weight excluding hydrogens is 534 g/mol. The van der Waals surface area contributed by atoms with Crippen molar-refractivity contribution in [2.24, 2.45) is 10.7 Å². The fraction of sp³-hybridized carbons (Fsp3) is 0.375. The lowest BCUT2D eigenvalue weighted by Gasteiger charge is -2.19. The van der Waals surface area contributed by atoms with Crippen molar-refractivity contribution in [3.8, 4) is 22.4 Å². The number of unbranched alkanes of at least 4 members (excludes halogenated alkanes) is 1. The number of alkyl carbamates (subject to hydrolysis) is 1. The third kappa shape index (κ3) is 8.22. The quantitative estimate of drug-likeness (QED) is 0.126. The number of aliphatic imine (C=N–C) groups is 1. The molecule has 0 unspecified atom stereocenters. The maximum Gasteiger partial charge on any atom is 0.414 e. The molecule has 0 aliphatic carbocycles. The monoisotopic (exact) mass is 575 g/mol. The molecule has 0 radical (unpaired) electrons. The third-order valence-electron chi connectivity index (χ3n) is 6.22. The van der Waals surface area contributed by atoms with E-state index in [1.165, 1.54) is 7.11 Å². The SMILES string of the molecule is COC(=O)c1c(-c2ccccc2)c(-c2ccccc2)n(C(C)C)c1C(=O)NCCCCN=C(N)NC(=O)OC(C)(C)C. The van der Waals surface area contributed by atoms with Gasteiger partial charge in [0.15, 0.2) is 5.96 Å². The molecule has 0 aliphatic heterocycles. The molecule has 1 heterocycles.